The van der Waals surface area contributed by atoms with Gasteiger partial charge in [-0.15, -0.1) is 0 Å². The zero-order chi connectivity index (χ0) is 18.4. The van der Waals surface area contributed by atoms with Gasteiger partial charge in [-0.25, -0.2) is 0 Å². The molecule has 6 heteroatoms. The lowest BCUT2D eigenvalue weighted by Crippen LogP contribution is -2.46. The lowest BCUT2D eigenvalue weighted by molar-refractivity contribution is 0.0948. The van der Waals surface area contributed by atoms with Gasteiger partial charge in [0.2, 0.25) is 0 Å². The predicted molar refractivity (Wildman–Crippen MR) is 107 cm³/mol. The fourth-order valence-electron chi connectivity index (χ4n) is 3.48. The summed E-state index contributed by atoms with van der Waals surface area (Å²) in [6, 6.07) is 7.73. The van der Waals surface area contributed by atoms with Crippen molar-refractivity contribution in [3.63, 3.8) is 0 Å². The van der Waals surface area contributed by atoms with Crippen molar-refractivity contribution in [2.75, 3.05) is 57.4 Å². The largest absolute Gasteiger partial charge is 0.352 e. The first kappa shape index (κ1) is 18.9. The van der Waals surface area contributed by atoms with E-state index in [0.29, 0.717) is 5.56 Å². The van der Waals surface area contributed by atoms with Gasteiger partial charge in [0.1, 0.15) is 0 Å². The minimum absolute atomic E-state index is 0.00783. The van der Waals surface area contributed by atoms with Crippen LogP contribution in [-0.2, 0) is 0 Å². The standard InChI is InChI=1S/C20H31N5O/c1-3-23-13-15-24(16-14-23)11-4-10-21-20(26)18-5-7-19(8-6-18)25-12-9-17(2)22-25/h5-8H,3-4,9-16H2,1-2H3,(H,21,26). The molecular weight excluding hydrogens is 326 g/mol. The maximum absolute atomic E-state index is 12.3. The zero-order valence-corrected chi connectivity index (χ0v) is 16.1. The molecular formula is C20H31N5O. The van der Waals surface area contributed by atoms with Gasteiger partial charge >= 0.3 is 0 Å². The summed E-state index contributed by atoms with van der Waals surface area (Å²) in [5.74, 6) is 0.00783. The molecule has 1 N–H and O–H groups in total. The topological polar surface area (TPSA) is 51.2 Å². The molecule has 0 atom stereocenters. The van der Waals surface area contributed by atoms with Crippen LogP contribution in [0.5, 0.6) is 0 Å². The first-order valence-corrected chi connectivity index (χ1v) is 9.80. The molecule has 0 bridgehead atoms. The molecule has 3 rings (SSSR count). The molecule has 0 aromatic heterocycles. The van der Waals surface area contributed by atoms with Gasteiger partial charge in [0.25, 0.3) is 5.91 Å². The van der Waals surface area contributed by atoms with E-state index in [1.54, 1.807) is 0 Å². The molecule has 0 spiro atoms. The summed E-state index contributed by atoms with van der Waals surface area (Å²) in [6.07, 6.45) is 2.01. The molecule has 1 amide bonds. The Morgan fingerprint density at radius 2 is 1.77 bits per heavy atom. The van der Waals surface area contributed by atoms with E-state index in [9.17, 15) is 4.79 Å². The van der Waals surface area contributed by atoms with Crippen molar-refractivity contribution in [1.29, 1.82) is 0 Å². The molecule has 1 aromatic carbocycles. The highest BCUT2D eigenvalue weighted by Crippen LogP contribution is 2.19. The number of rotatable bonds is 7. The van der Waals surface area contributed by atoms with E-state index in [1.807, 2.05) is 36.2 Å². The highest BCUT2D eigenvalue weighted by Gasteiger charge is 2.15. The lowest BCUT2D eigenvalue weighted by atomic mass is 10.2. The molecule has 1 saturated heterocycles. The summed E-state index contributed by atoms with van der Waals surface area (Å²) in [5, 5.41) is 9.52. The highest BCUT2D eigenvalue weighted by molar-refractivity contribution is 5.94. The number of carbonyl (C=O) groups excluding carboxylic acids is 1. The number of likely N-dealkylation sites (N-methyl/N-ethyl adjacent to an activating group) is 1. The molecule has 2 aliphatic rings. The van der Waals surface area contributed by atoms with Gasteiger partial charge in [-0.3, -0.25) is 9.80 Å². The number of nitrogens with zero attached hydrogens (tertiary/aromatic N) is 4. The second kappa shape index (κ2) is 9.14. The van der Waals surface area contributed by atoms with E-state index in [1.165, 1.54) is 0 Å². The van der Waals surface area contributed by atoms with Crippen molar-refractivity contribution >= 4 is 17.3 Å². The summed E-state index contributed by atoms with van der Waals surface area (Å²) < 4.78 is 0. The Kier molecular flexibility index (Phi) is 6.63. The van der Waals surface area contributed by atoms with Gasteiger partial charge in [0.15, 0.2) is 0 Å². The van der Waals surface area contributed by atoms with Crippen LogP contribution >= 0.6 is 0 Å². The fraction of sp³-hybridized carbons (Fsp3) is 0.600. The minimum Gasteiger partial charge on any atom is -0.352 e. The van der Waals surface area contributed by atoms with Crippen LogP contribution in [-0.4, -0.2) is 73.8 Å². The van der Waals surface area contributed by atoms with Crippen LogP contribution in [0.25, 0.3) is 0 Å². The van der Waals surface area contributed by atoms with E-state index in [4.69, 9.17) is 0 Å². The first-order valence-electron chi connectivity index (χ1n) is 9.80. The second-order valence-corrected chi connectivity index (χ2v) is 7.14. The minimum atomic E-state index is 0.00783. The normalized spacial score (nSPS) is 18.8. The maximum Gasteiger partial charge on any atom is 0.251 e. The molecule has 26 heavy (non-hydrogen) atoms. The molecule has 0 radical (unpaired) electrons. The number of hydrogen-bond donors (Lipinski definition) is 1. The van der Waals surface area contributed by atoms with Crippen molar-refractivity contribution in [1.82, 2.24) is 15.1 Å². The Bertz CT molecular complexity index is 620. The third kappa shape index (κ3) is 5.05. The molecule has 2 aliphatic heterocycles. The molecule has 142 valence electrons. The van der Waals surface area contributed by atoms with E-state index in [0.717, 1.165) is 76.6 Å². The van der Waals surface area contributed by atoms with Crippen LogP contribution in [0.4, 0.5) is 5.69 Å². The second-order valence-electron chi connectivity index (χ2n) is 7.14. The number of piperazine rings is 1. The van der Waals surface area contributed by atoms with E-state index >= 15 is 0 Å². The van der Waals surface area contributed by atoms with Crippen LogP contribution in [0.3, 0.4) is 0 Å². The molecule has 1 aromatic rings. The first-order chi connectivity index (χ1) is 12.7. The number of benzene rings is 1. The maximum atomic E-state index is 12.3. The number of anilines is 1. The SMILES string of the molecule is CCN1CCN(CCCNC(=O)c2ccc(N3CCC(C)=N3)cc2)CC1. The smallest absolute Gasteiger partial charge is 0.251 e. The molecule has 0 unspecified atom stereocenters. The average molecular weight is 358 g/mol. The number of nitrogens with one attached hydrogen (secondary N) is 1. The third-order valence-electron chi connectivity index (χ3n) is 5.25. The van der Waals surface area contributed by atoms with Crippen LogP contribution in [0.15, 0.2) is 29.4 Å². The molecule has 0 aliphatic carbocycles. The van der Waals surface area contributed by atoms with Crippen LogP contribution in [0.2, 0.25) is 0 Å². The number of hydrazone groups is 1. The van der Waals surface area contributed by atoms with E-state index < -0.39 is 0 Å². The molecule has 1 fully saturated rings. The quantitative estimate of drug-likeness (QED) is 0.759. The predicted octanol–water partition coefficient (Wildman–Crippen LogP) is 2.03. The van der Waals surface area contributed by atoms with Gasteiger partial charge in [-0.1, -0.05) is 6.92 Å². The summed E-state index contributed by atoms with van der Waals surface area (Å²) in [4.78, 5) is 17.3. The monoisotopic (exact) mass is 357 g/mol. The Labute approximate surface area is 156 Å². The number of hydrogen-bond acceptors (Lipinski definition) is 5. The Hall–Kier alpha value is -1.92. The third-order valence-corrected chi connectivity index (χ3v) is 5.25. The summed E-state index contributed by atoms with van der Waals surface area (Å²) in [5.41, 5.74) is 2.91. The lowest BCUT2D eigenvalue weighted by Gasteiger charge is -2.33. The van der Waals surface area contributed by atoms with Crippen molar-refractivity contribution in [3.8, 4) is 0 Å². The van der Waals surface area contributed by atoms with Crippen LogP contribution < -0.4 is 10.3 Å². The van der Waals surface area contributed by atoms with Gasteiger partial charge in [-0.2, -0.15) is 5.10 Å². The number of carbonyl (C=O) groups is 1. The Balaban J connectivity index is 1.37. The summed E-state index contributed by atoms with van der Waals surface area (Å²) in [7, 11) is 0. The van der Waals surface area contributed by atoms with E-state index in [-0.39, 0.29) is 5.91 Å². The van der Waals surface area contributed by atoms with Crippen molar-refractivity contribution in [3.05, 3.63) is 29.8 Å². The summed E-state index contributed by atoms with van der Waals surface area (Å²) >= 11 is 0. The van der Waals surface area contributed by atoms with Crippen molar-refractivity contribution in [2.45, 2.75) is 26.7 Å². The number of amides is 1. The van der Waals surface area contributed by atoms with Gasteiger partial charge in [-0.05, 0) is 50.7 Å². The average Bonchev–Trinajstić information content (AvgIpc) is 3.12. The van der Waals surface area contributed by atoms with Crippen molar-refractivity contribution in [2.24, 2.45) is 5.10 Å². The van der Waals surface area contributed by atoms with E-state index in [2.05, 4.69) is 27.1 Å². The Morgan fingerprint density at radius 3 is 2.38 bits per heavy atom. The van der Waals surface area contributed by atoms with Gasteiger partial charge in [0, 0.05) is 57.0 Å². The molecule has 2 heterocycles. The highest BCUT2D eigenvalue weighted by atomic mass is 16.1. The summed E-state index contributed by atoms with van der Waals surface area (Å²) in [6.45, 7) is 12.7. The van der Waals surface area contributed by atoms with Crippen molar-refractivity contribution < 1.29 is 4.79 Å². The fourth-order valence-corrected chi connectivity index (χ4v) is 3.48. The zero-order valence-electron chi connectivity index (χ0n) is 16.1. The molecule has 6 nitrogen and oxygen atoms in total. The molecule has 0 saturated carbocycles. The van der Waals surface area contributed by atoms with Gasteiger partial charge in [0.05, 0.1) is 5.69 Å². The van der Waals surface area contributed by atoms with Crippen LogP contribution in [0, 0.1) is 0 Å². The Morgan fingerprint density at radius 1 is 1.08 bits per heavy atom. The van der Waals surface area contributed by atoms with Crippen LogP contribution in [0.1, 0.15) is 37.0 Å². The van der Waals surface area contributed by atoms with Gasteiger partial charge < -0.3 is 15.1 Å².